The highest BCUT2D eigenvalue weighted by atomic mass is 32.2. The number of hydrogen-bond donors (Lipinski definition) is 2. The van der Waals surface area contributed by atoms with E-state index in [4.69, 9.17) is 0 Å². The second-order valence-electron chi connectivity index (χ2n) is 4.50. The van der Waals surface area contributed by atoms with Gasteiger partial charge in [-0.05, 0) is 30.7 Å². The fourth-order valence-electron chi connectivity index (χ4n) is 1.95. The number of fused-ring (bicyclic) bond motifs is 1. The van der Waals surface area contributed by atoms with Crippen molar-refractivity contribution in [3.05, 3.63) is 48.3 Å². The zero-order chi connectivity index (χ0) is 13.9. The second kappa shape index (κ2) is 5.64. The minimum Gasteiger partial charge on any atom is -0.387 e. The maximum absolute atomic E-state index is 9.72. The number of para-hydroxylation sites is 2. The van der Waals surface area contributed by atoms with Crippen LogP contribution in [0.2, 0.25) is 0 Å². The van der Waals surface area contributed by atoms with E-state index in [1.807, 2.05) is 43.3 Å². The third kappa shape index (κ3) is 2.69. The Kier molecular flexibility index (Phi) is 3.71. The van der Waals surface area contributed by atoms with Gasteiger partial charge in [0.25, 0.3) is 0 Å². The Balaban J connectivity index is 1.80. The van der Waals surface area contributed by atoms with E-state index in [1.165, 1.54) is 11.8 Å². The summed E-state index contributed by atoms with van der Waals surface area (Å²) in [6.45, 7) is 1.93. The predicted octanol–water partition coefficient (Wildman–Crippen LogP) is 3.55. The first-order valence-corrected chi connectivity index (χ1v) is 7.34. The molecule has 3 aromatic rings. The molecule has 0 saturated heterocycles. The highest BCUT2D eigenvalue weighted by molar-refractivity contribution is 7.99. The molecule has 4 nitrogen and oxygen atoms in total. The smallest absolute Gasteiger partial charge is 0.171 e. The first-order chi connectivity index (χ1) is 9.76. The van der Waals surface area contributed by atoms with E-state index in [0.717, 1.165) is 21.1 Å². The molecule has 0 bridgehead atoms. The standard InChI is InChI=1S/C15H15N3OS/c1-2-14(19)13-8-7-10(9-16-13)20-15-17-11-5-3-4-6-12(11)18-15/h3-9,14,19H,2H2,1H3,(H,17,18)/t14-/m1/s1. The van der Waals surface area contributed by atoms with Crippen LogP contribution in [0, 0.1) is 0 Å². The number of nitrogens with one attached hydrogen (secondary N) is 1. The Morgan fingerprint density at radius 3 is 2.80 bits per heavy atom. The lowest BCUT2D eigenvalue weighted by atomic mass is 10.2. The van der Waals surface area contributed by atoms with Crippen LogP contribution in [0.3, 0.4) is 0 Å². The molecule has 20 heavy (non-hydrogen) atoms. The van der Waals surface area contributed by atoms with Crippen LogP contribution >= 0.6 is 11.8 Å². The van der Waals surface area contributed by atoms with Crippen LogP contribution in [0.5, 0.6) is 0 Å². The van der Waals surface area contributed by atoms with Gasteiger partial charge in [-0.25, -0.2) is 4.98 Å². The maximum atomic E-state index is 9.72. The average molecular weight is 285 g/mol. The summed E-state index contributed by atoms with van der Waals surface area (Å²) < 4.78 is 0. The number of hydrogen-bond acceptors (Lipinski definition) is 4. The predicted molar refractivity (Wildman–Crippen MR) is 79.7 cm³/mol. The van der Waals surface area contributed by atoms with E-state index in [-0.39, 0.29) is 0 Å². The zero-order valence-electron chi connectivity index (χ0n) is 11.1. The number of nitrogens with zero attached hydrogens (tertiary/aromatic N) is 2. The van der Waals surface area contributed by atoms with Gasteiger partial charge in [0, 0.05) is 11.1 Å². The fraction of sp³-hybridized carbons (Fsp3) is 0.200. The van der Waals surface area contributed by atoms with Crippen LogP contribution < -0.4 is 0 Å². The molecule has 0 saturated carbocycles. The number of benzene rings is 1. The van der Waals surface area contributed by atoms with Crippen LogP contribution in [0.15, 0.2) is 52.6 Å². The monoisotopic (exact) mass is 285 g/mol. The molecule has 2 aromatic heterocycles. The Labute approximate surface area is 121 Å². The van der Waals surface area contributed by atoms with Crippen LogP contribution in [0.25, 0.3) is 11.0 Å². The lowest BCUT2D eigenvalue weighted by Gasteiger charge is -2.06. The van der Waals surface area contributed by atoms with Gasteiger partial charge in [0.15, 0.2) is 5.16 Å². The number of rotatable bonds is 4. The van der Waals surface area contributed by atoms with Gasteiger partial charge in [-0.2, -0.15) is 0 Å². The molecule has 0 radical (unpaired) electrons. The van der Waals surface area contributed by atoms with Gasteiger partial charge in [0.2, 0.25) is 0 Å². The van der Waals surface area contributed by atoms with Gasteiger partial charge in [0.1, 0.15) is 0 Å². The highest BCUT2D eigenvalue weighted by Gasteiger charge is 2.08. The van der Waals surface area contributed by atoms with Gasteiger partial charge in [-0.3, -0.25) is 4.98 Å². The molecule has 0 aliphatic heterocycles. The molecule has 1 atom stereocenters. The van der Waals surface area contributed by atoms with Crippen molar-refractivity contribution in [2.75, 3.05) is 0 Å². The summed E-state index contributed by atoms with van der Waals surface area (Å²) in [5.41, 5.74) is 2.70. The van der Waals surface area contributed by atoms with Crippen LogP contribution in [-0.4, -0.2) is 20.1 Å². The molecule has 0 aliphatic rings. The number of pyridine rings is 1. The summed E-state index contributed by atoms with van der Waals surface area (Å²) in [5.74, 6) is 0. The quantitative estimate of drug-likeness (QED) is 0.769. The van der Waals surface area contributed by atoms with Crippen molar-refractivity contribution in [2.45, 2.75) is 29.5 Å². The van der Waals surface area contributed by atoms with E-state index < -0.39 is 6.10 Å². The Morgan fingerprint density at radius 2 is 2.10 bits per heavy atom. The van der Waals surface area contributed by atoms with Crippen molar-refractivity contribution < 1.29 is 5.11 Å². The molecule has 2 heterocycles. The SMILES string of the molecule is CC[C@@H](O)c1ccc(Sc2nc3ccccc3[nH]2)cn1. The van der Waals surface area contributed by atoms with E-state index in [1.54, 1.807) is 6.20 Å². The molecular weight excluding hydrogens is 270 g/mol. The second-order valence-corrected chi connectivity index (χ2v) is 5.57. The molecular formula is C15H15N3OS. The maximum Gasteiger partial charge on any atom is 0.171 e. The fourth-order valence-corrected chi connectivity index (χ4v) is 2.72. The zero-order valence-corrected chi connectivity index (χ0v) is 11.9. The molecule has 3 rings (SSSR count). The van der Waals surface area contributed by atoms with E-state index in [2.05, 4.69) is 15.0 Å². The lowest BCUT2D eigenvalue weighted by Crippen LogP contribution is -1.97. The molecule has 0 fully saturated rings. The molecule has 0 unspecified atom stereocenters. The molecule has 2 N–H and O–H groups in total. The summed E-state index contributed by atoms with van der Waals surface area (Å²) in [5, 5.41) is 10.6. The molecule has 0 amide bonds. The van der Waals surface area contributed by atoms with E-state index in [9.17, 15) is 5.11 Å². The average Bonchev–Trinajstić information content (AvgIpc) is 2.89. The van der Waals surface area contributed by atoms with Crippen molar-refractivity contribution in [1.82, 2.24) is 15.0 Å². The van der Waals surface area contributed by atoms with Crippen molar-refractivity contribution in [3.8, 4) is 0 Å². The van der Waals surface area contributed by atoms with Gasteiger partial charge >= 0.3 is 0 Å². The number of imidazole rings is 1. The van der Waals surface area contributed by atoms with E-state index in [0.29, 0.717) is 12.1 Å². The Hall–Kier alpha value is -1.85. The minimum absolute atomic E-state index is 0.486. The number of aliphatic hydroxyl groups is 1. The van der Waals surface area contributed by atoms with Crippen LogP contribution in [0.1, 0.15) is 25.1 Å². The summed E-state index contributed by atoms with van der Waals surface area (Å²) in [4.78, 5) is 13.1. The van der Waals surface area contributed by atoms with Gasteiger partial charge in [-0.1, -0.05) is 30.8 Å². The van der Waals surface area contributed by atoms with E-state index >= 15 is 0 Å². The van der Waals surface area contributed by atoms with Crippen molar-refractivity contribution in [3.63, 3.8) is 0 Å². The summed E-state index contributed by atoms with van der Waals surface area (Å²) in [7, 11) is 0. The summed E-state index contributed by atoms with van der Waals surface area (Å²) in [6, 6.07) is 11.8. The van der Waals surface area contributed by atoms with Crippen molar-refractivity contribution in [1.29, 1.82) is 0 Å². The third-order valence-electron chi connectivity index (χ3n) is 3.07. The van der Waals surface area contributed by atoms with Crippen molar-refractivity contribution >= 4 is 22.8 Å². The van der Waals surface area contributed by atoms with Crippen molar-refractivity contribution in [2.24, 2.45) is 0 Å². The van der Waals surface area contributed by atoms with Gasteiger partial charge < -0.3 is 10.1 Å². The number of aromatic nitrogens is 3. The Bertz CT molecular complexity index is 675. The van der Waals surface area contributed by atoms with Crippen LogP contribution in [0.4, 0.5) is 0 Å². The lowest BCUT2D eigenvalue weighted by molar-refractivity contribution is 0.169. The number of aromatic amines is 1. The van der Waals surface area contributed by atoms with Gasteiger partial charge in [0.05, 0.1) is 22.8 Å². The number of aliphatic hydroxyl groups excluding tert-OH is 1. The highest BCUT2D eigenvalue weighted by Crippen LogP contribution is 2.27. The molecule has 0 spiro atoms. The van der Waals surface area contributed by atoms with Crippen LogP contribution in [-0.2, 0) is 0 Å². The summed E-state index contributed by atoms with van der Waals surface area (Å²) >= 11 is 1.53. The first-order valence-electron chi connectivity index (χ1n) is 6.53. The normalized spacial score (nSPS) is 12.7. The third-order valence-corrected chi connectivity index (χ3v) is 3.93. The number of H-pyrrole nitrogens is 1. The molecule has 1 aromatic carbocycles. The topological polar surface area (TPSA) is 61.8 Å². The first kappa shape index (κ1) is 13.1. The molecule has 0 aliphatic carbocycles. The minimum atomic E-state index is -0.486. The van der Waals surface area contributed by atoms with Gasteiger partial charge in [-0.15, -0.1) is 0 Å². The molecule has 5 heteroatoms. The largest absolute Gasteiger partial charge is 0.387 e. The molecule has 102 valence electrons. The Morgan fingerprint density at radius 1 is 1.25 bits per heavy atom. The summed E-state index contributed by atoms with van der Waals surface area (Å²) in [6.07, 6.45) is 1.95.